The van der Waals surface area contributed by atoms with Crippen LogP contribution in [0.5, 0.6) is 11.5 Å². The van der Waals surface area contributed by atoms with Gasteiger partial charge in [-0.2, -0.15) is 0 Å². The van der Waals surface area contributed by atoms with E-state index in [-0.39, 0.29) is 5.41 Å². The number of nitrogens with two attached hydrogens (primary N) is 1. The van der Waals surface area contributed by atoms with E-state index in [4.69, 9.17) is 15.2 Å². The van der Waals surface area contributed by atoms with Crippen LogP contribution in [0.25, 0.3) is 0 Å². The molecule has 1 aliphatic carbocycles. The lowest BCUT2D eigenvalue weighted by Crippen LogP contribution is -2.21. The Hall–Kier alpha value is -0.870. The summed E-state index contributed by atoms with van der Waals surface area (Å²) in [5.41, 5.74) is 7.27. The Labute approximate surface area is 107 Å². The highest BCUT2D eigenvalue weighted by molar-refractivity contribution is 7.98. The number of hydrogen-bond acceptors (Lipinski definition) is 4. The van der Waals surface area contributed by atoms with Gasteiger partial charge in [0.1, 0.15) is 11.5 Å². The van der Waals surface area contributed by atoms with Crippen molar-refractivity contribution in [1.82, 2.24) is 0 Å². The molecular weight excluding hydrogens is 234 g/mol. The van der Waals surface area contributed by atoms with E-state index >= 15 is 0 Å². The van der Waals surface area contributed by atoms with Crippen LogP contribution in [0.2, 0.25) is 0 Å². The first-order valence-electron chi connectivity index (χ1n) is 5.72. The predicted octanol–water partition coefficient (Wildman–Crippen LogP) is 2.42. The average Bonchev–Trinajstić information content (AvgIpc) is 3.17. The van der Waals surface area contributed by atoms with E-state index in [0.717, 1.165) is 29.2 Å². The van der Waals surface area contributed by atoms with Crippen LogP contribution in [-0.2, 0) is 5.41 Å². The van der Waals surface area contributed by atoms with Crippen molar-refractivity contribution in [2.24, 2.45) is 5.73 Å². The lowest BCUT2D eigenvalue weighted by Gasteiger charge is -2.22. The van der Waals surface area contributed by atoms with Crippen LogP contribution in [0.4, 0.5) is 0 Å². The van der Waals surface area contributed by atoms with E-state index in [1.165, 1.54) is 5.56 Å². The van der Waals surface area contributed by atoms with Crippen molar-refractivity contribution >= 4 is 11.8 Å². The molecule has 1 aromatic carbocycles. The highest BCUT2D eigenvalue weighted by Crippen LogP contribution is 2.55. The Morgan fingerprint density at radius 2 is 1.82 bits per heavy atom. The fourth-order valence-electron chi connectivity index (χ4n) is 2.29. The molecule has 0 bridgehead atoms. The number of benzene rings is 1. The quantitative estimate of drug-likeness (QED) is 0.819. The van der Waals surface area contributed by atoms with Gasteiger partial charge in [-0.05, 0) is 31.2 Å². The molecule has 0 saturated heterocycles. The Bertz CT molecular complexity index is 416. The first-order valence-corrected chi connectivity index (χ1v) is 6.94. The summed E-state index contributed by atoms with van der Waals surface area (Å²) in [7, 11) is 3.41. The average molecular weight is 253 g/mol. The third-order valence-electron chi connectivity index (χ3n) is 3.50. The second-order valence-electron chi connectivity index (χ2n) is 4.36. The van der Waals surface area contributed by atoms with Crippen molar-refractivity contribution in [2.75, 3.05) is 27.0 Å². The third-order valence-corrected chi connectivity index (χ3v) is 4.32. The van der Waals surface area contributed by atoms with Gasteiger partial charge < -0.3 is 15.2 Å². The Morgan fingerprint density at radius 3 is 2.24 bits per heavy atom. The zero-order valence-corrected chi connectivity index (χ0v) is 11.4. The fourth-order valence-corrected chi connectivity index (χ4v) is 3.16. The summed E-state index contributed by atoms with van der Waals surface area (Å²) in [6.07, 6.45) is 4.34. The van der Waals surface area contributed by atoms with Gasteiger partial charge in [0.05, 0.1) is 19.1 Å². The van der Waals surface area contributed by atoms with E-state index in [1.54, 1.807) is 26.0 Å². The van der Waals surface area contributed by atoms with Crippen LogP contribution in [0.3, 0.4) is 0 Å². The molecule has 2 rings (SSSR count). The third kappa shape index (κ3) is 2.00. The van der Waals surface area contributed by atoms with E-state index in [9.17, 15) is 0 Å². The minimum absolute atomic E-state index is 0.109. The normalized spacial score (nSPS) is 16.7. The molecule has 17 heavy (non-hydrogen) atoms. The molecule has 94 valence electrons. The van der Waals surface area contributed by atoms with Crippen molar-refractivity contribution in [3.8, 4) is 11.5 Å². The molecule has 3 nitrogen and oxygen atoms in total. The number of ether oxygens (including phenoxy) is 2. The molecule has 0 aliphatic heterocycles. The minimum atomic E-state index is 0.109. The Balaban J connectivity index is 2.59. The van der Waals surface area contributed by atoms with Gasteiger partial charge in [-0.25, -0.2) is 0 Å². The molecule has 0 aromatic heterocycles. The smallest absolute Gasteiger partial charge is 0.132 e. The molecule has 0 amide bonds. The zero-order valence-electron chi connectivity index (χ0n) is 10.6. The molecule has 0 heterocycles. The Morgan fingerprint density at radius 1 is 1.24 bits per heavy atom. The van der Waals surface area contributed by atoms with Crippen LogP contribution in [0.1, 0.15) is 18.4 Å². The Kier molecular flexibility index (Phi) is 3.54. The molecule has 0 radical (unpaired) electrons. The second kappa shape index (κ2) is 4.78. The van der Waals surface area contributed by atoms with E-state index in [0.29, 0.717) is 6.54 Å². The van der Waals surface area contributed by atoms with E-state index < -0.39 is 0 Å². The molecule has 4 heteroatoms. The van der Waals surface area contributed by atoms with Gasteiger partial charge in [-0.15, -0.1) is 11.8 Å². The van der Waals surface area contributed by atoms with Crippen LogP contribution < -0.4 is 15.2 Å². The van der Waals surface area contributed by atoms with Gasteiger partial charge in [-0.3, -0.25) is 0 Å². The van der Waals surface area contributed by atoms with Crippen molar-refractivity contribution in [1.29, 1.82) is 0 Å². The number of hydrogen-bond donors (Lipinski definition) is 1. The van der Waals surface area contributed by atoms with Gasteiger partial charge in [0.2, 0.25) is 0 Å². The number of thioether (sulfide) groups is 1. The molecular formula is C13H19NO2S. The maximum absolute atomic E-state index is 5.93. The lowest BCUT2D eigenvalue weighted by molar-refractivity contribution is 0.384. The number of methoxy groups -OCH3 is 2. The zero-order chi connectivity index (χ0) is 12.5. The molecule has 2 N–H and O–H groups in total. The van der Waals surface area contributed by atoms with Gasteiger partial charge >= 0.3 is 0 Å². The lowest BCUT2D eigenvalue weighted by atomic mass is 9.94. The SMILES string of the molecule is COc1ccc(OC)c(C2(CN)CC2)c1SC. The summed E-state index contributed by atoms with van der Waals surface area (Å²) in [6.45, 7) is 0.671. The van der Waals surface area contributed by atoms with Crippen LogP contribution in [0, 0.1) is 0 Å². The molecule has 1 aliphatic rings. The highest BCUT2D eigenvalue weighted by atomic mass is 32.2. The van der Waals surface area contributed by atoms with Crippen LogP contribution in [0.15, 0.2) is 17.0 Å². The summed E-state index contributed by atoms with van der Waals surface area (Å²) >= 11 is 1.70. The first-order chi connectivity index (χ1) is 8.22. The summed E-state index contributed by atoms with van der Waals surface area (Å²) in [4.78, 5) is 1.16. The standard InChI is InChI=1S/C13H19NO2S/c1-15-9-4-5-10(16-2)12(17-3)11(9)13(8-14)6-7-13/h4-5H,6-8,14H2,1-3H3. The van der Waals surface area contributed by atoms with E-state index in [1.807, 2.05) is 12.1 Å². The maximum atomic E-state index is 5.93. The monoisotopic (exact) mass is 253 g/mol. The molecule has 1 fully saturated rings. The van der Waals surface area contributed by atoms with Gasteiger partial charge in [0, 0.05) is 17.5 Å². The first kappa shape index (κ1) is 12.6. The summed E-state index contributed by atoms with van der Waals surface area (Å²) in [5.74, 6) is 1.84. The van der Waals surface area contributed by atoms with Gasteiger partial charge in [0.25, 0.3) is 0 Å². The molecule has 1 aromatic rings. The van der Waals surface area contributed by atoms with Crippen LogP contribution in [-0.4, -0.2) is 27.0 Å². The van der Waals surface area contributed by atoms with Crippen molar-refractivity contribution < 1.29 is 9.47 Å². The second-order valence-corrected chi connectivity index (χ2v) is 5.18. The molecule has 0 atom stereocenters. The summed E-state index contributed by atoms with van der Waals surface area (Å²) < 4.78 is 10.9. The minimum Gasteiger partial charge on any atom is -0.496 e. The molecule has 1 saturated carbocycles. The molecule has 0 unspecified atom stereocenters. The predicted molar refractivity (Wildman–Crippen MR) is 71.3 cm³/mol. The maximum Gasteiger partial charge on any atom is 0.132 e. The van der Waals surface area contributed by atoms with Crippen molar-refractivity contribution in [3.05, 3.63) is 17.7 Å². The van der Waals surface area contributed by atoms with Gasteiger partial charge in [0.15, 0.2) is 0 Å². The largest absolute Gasteiger partial charge is 0.496 e. The van der Waals surface area contributed by atoms with E-state index in [2.05, 4.69) is 6.26 Å². The van der Waals surface area contributed by atoms with Crippen molar-refractivity contribution in [2.45, 2.75) is 23.2 Å². The van der Waals surface area contributed by atoms with Gasteiger partial charge in [-0.1, -0.05) is 0 Å². The topological polar surface area (TPSA) is 44.5 Å². The summed E-state index contributed by atoms with van der Waals surface area (Å²) in [6, 6.07) is 3.93. The van der Waals surface area contributed by atoms with Crippen molar-refractivity contribution in [3.63, 3.8) is 0 Å². The molecule has 0 spiro atoms. The number of rotatable bonds is 5. The highest BCUT2D eigenvalue weighted by Gasteiger charge is 2.47. The van der Waals surface area contributed by atoms with Crippen LogP contribution >= 0.6 is 11.8 Å². The fraction of sp³-hybridized carbons (Fsp3) is 0.538. The summed E-state index contributed by atoms with van der Waals surface area (Å²) in [5, 5.41) is 0.